The Bertz CT molecular complexity index is 110. The maximum Gasteiger partial charge on any atom is 0.0978 e. The molecular weight excluding hydrogens is 136 g/mol. The highest BCUT2D eigenvalue weighted by atomic mass is 16.5. The van der Waals surface area contributed by atoms with Crippen molar-refractivity contribution >= 4 is 0 Å². The Hall–Kier alpha value is -0.460. The highest BCUT2D eigenvalue weighted by Gasteiger charge is 2.10. The van der Waals surface area contributed by atoms with Crippen LogP contribution in [0.4, 0.5) is 0 Å². The van der Waals surface area contributed by atoms with Crippen molar-refractivity contribution in [3.05, 3.63) is 12.3 Å². The summed E-state index contributed by atoms with van der Waals surface area (Å²) < 4.78 is 5.53. The Labute approximate surface area is 69.4 Å². The van der Waals surface area contributed by atoms with Gasteiger partial charge in [0.05, 0.1) is 12.4 Å². The molecule has 0 saturated heterocycles. The largest absolute Gasteiger partial charge is 0.498 e. The van der Waals surface area contributed by atoms with Gasteiger partial charge in [0.1, 0.15) is 0 Å². The molecule has 0 heterocycles. The molecule has 0 atom stereocenters. The van der Waals surface area contributed by atoms with Crippen molar-refractivity contribution in [2.45, 2.75) is 51.6 Å². The van der Waals surface area contributed by atoms with Crippen LogP contribution in [0.25, 0.3) is 0 Å². The van der Waals surface area contributed by atoms with Crippen molar-refractivity contribution in [1.29, 1.82) is 0 Å². The van der Waals surface area contributed by atoms with Crippen molar-refractivity contribution < 1.29 is 4.74 Å². The minimum absolute atomic E-state index is 0.508. The molecule has 0 bridgehead atoms. The van der Waals surface area contributed by atoms with E-state index in [-0.39, 0.29) is 0 Å². The van der Waals surface area contributed by atoms with Crippen LogP contribution in [0, 0.1) is 0 Å². The zero-order valence-corrected chi connectivity index (χ0v) is 7.38. The number of hydrogen-bond acceptors (Lipinski definition) is 1. The lowest BCUT2D eigenvalue weighted by Crippen LogP contribution is -2.07. The van der Waals surface area contributed by atoms with Gasteiger partial charge in [-0.2, -0.15) is 0 Å². The van der Waals surface area contributed by atoms with Gasteiger partial charge < -0.3 is 4.74 Å². The van der Waals surface area contributed by atoms with Crippen LogP contribution < -0.4 is 0 Å². The van der Waals surface area contributed by atoms with Gasteiger partial charge in [0, 0.05) is 0 Å². The second-order valence-corrected chi connectivity index (χ2v) is 3.22. The molecule has 1 rings (SSSR count). The maximum absolute atomic E-state index is 5.53. The van der Waals surface area contributed by atoms with Crippen LogP contribution in [0.15, 0.2) is 12.3 Å². The summed E-state index contributed by atoms with van der Waals surface area (Å²) in [5.74, 6) is 0. The average Bonchev–Trinajstić information content (AvgIpc) is 2.28. The molecule has 0 aromatic rings. The highest BCUT2D eigenvalue weighted by molar-refractivity contribution is 4.71. The SMILES string of the molecule is C/C=C\OC1CCCCCC1. The summed E-state index contributed by atoms with van der Waals surface area (Å²) in [6, 6.07) is 0. The fourth-order valence-electron chi connectivity index (χ4n) is 1.57. The third-order valence-corrected chi connectivity index (χ3v) is 2.21. The fraction of sp³-hybridized carbons (Fsp3) is 0.800. The second kappa shape index (κ2) is 5.22. The molecule has 0 aliphatic heterocycles. The van der Waals surface area contributed by atoms with E-state index >= 15 is 0 Å². The second-order valence-electron chi connectivity index (χ2n) is 3.22. The van der Waals surface area contributed by atoms with E-state index in [2.05, 4.69) is 0 Å². The lowest BCUT2D eigenvalue weighted by Gasteiger charge is -2.12. The normalized spacial score (nSPS) is 21.9. The summed E-state index contributed by atoms with van der Waals surface area (Å²) in [5.41, 5.74) is 0. The van der Waals surface area contributed by atoms with Crippen LogP contribution in [0.2, 0.25) is 0 Å². The van der Waals surface area contributed by atoms with Crippen LogP contribution in [0.3, 0.4) is 0 Å². The van der Waals surface area contributed by atoms with Crippen molar-refractivity contribution in [2.75, 3.05) is 0 Å². The van der Waals surface area contributed by atoms with E-state index in [4.69, 9.17) is 4.74 Å². The van der Waals surface area contributed by atoms with Crippen LogP contribution in [-0.2, 0) is 4.74 Å². The maximum atomic E-state index is 5.53. The van der Waals surface area contributed by atoms with Crippen LogP contribution in [0.5, 0.6) is 0 Å². The third-order valence-electron chi connectivity index (χ3n) is 2.21. The van der Waals surface area contributed by atoms with Crippen LogP contribution in [-0.4, -0.2) is 6.10 Å². The molecule has 11 heavy (non-hydrogen) atoms. The summed E-state index contributed by atoms with van der Waals surface area (Å²) in [6.45, 7) is 2.00. The van der Waals surface area contributed by atoms with E-state index in [1.54, 1.807) is 0 Å². The van der Waals surface area contributed by atoms with Crippen molar-refractivity contribution in [3.63, 3.8) is 0 Å². The molecule has 0 N–H and O–H groups in total. The predicted molar refractivity (Wildman–Crippen MR) is 47.4 cm³/mol. The van der Waals surface area contributed by atoms with Crippen LogP contribution in [0.1, 0.15) is 45.4 Å². The molecule has 0 amide bonds. The molecule has 0 radical (unpaired) electrons. The van der Waals surface area contributed by atoms with Crippen molar-refractivity contribution in [1.82, 2.24) is 0 Å². The monoisotopic (exact) mass is 154 g/mol. The Morgan fingerprint density at radius 3 is 2.27 bits per heavy atom. The van der Waals surface area contributed by atoms with Gasteiger partial charge in [-0.05, 0) is 32.6 Å². The fourth-order valence-corrected chi connectivity index (χ4v) is 1.57. The molecule has 1 aliphatic rings. The lowest BCUT2D eigenvalue weighted by atomic mass is 10.2. The summed E-state index contributed by atoms with van der Waals surface area (Å²) >= 11 is 0. The number of hydrogen-bond donors (Lipinski definition) is 0. The van der Waals surface area contributed by atoms with E-state index in [0.717, 1.165) is 0 Å². The number of rotatable bonds is 2. The van der Waals surface area contributed by atoms with Gasteiger partial charge in [-0.3, -0.25) is 0 Å². The van der Waals surface area contributed by atoms with Crippen LogP contribution >= 0.6 is 0 Å². The lowest BCUT2D eigenvalue weighted by molar-refractivity contribution is 0.129. The van der Waals surface area contributed by atoms with E-state index in [1.807, 2.05) is 19.3 Å². The van der Waals surface area contributed by atoms with E-state index < -0.39 is 0 Å². The van der Waals surface area contributed by atoms with Gasteiger partial charge in [-0.1, -0.05) is 18.9 Å². The van der Waals surface area contributed by atoms with Gasteiger partial charge in [-0.15, -0.1) is 0 Å². The molecule has 0 aromatic heterocycles. The highest BCUT2D eigenvalue weighted by Crippen LogP contribution is 2.19. The molecular formula is C10H18O. The molecule has 0 unspecified atom stereocenters. The van der Waals surface area contributed by atoms with Gasteiger partial charge in [0.2, 0.25) is 0 Å². The number of allylic oxidation sites excluding steroid dienone is 1. The van der Waals surface area contributed by atoms with Gasteiger partial charge in [-0.25, -0.2) is 0 Å². The first-order chi connectivity index (χ1) is 5.43. The van der Waals surface area contributed by atoms with Crippen molar-refractivity contribution in [2.24, 2.45) is 0 Å². The standard InChI is InChI=1S/C10H18O/c1-2-9-11-10-7-5-3-4-6-8-10/h2,9-10H,3-8H2,1H3/b9-2-. The molecule has 1 fully saturated rings. The minimum atomic E-state index is 0.508. The molecule has 0 spiro atoms. The quantitative estimate of drug-likeness (QED) is 0.438. The zero-order valence-electron chi connectivity index (χ0n) is 7.38. The minimum Gasteiger partial charge on any atom is -0.498 e. The molecule has 64 valence electrons. The topological polar surface area (TPSA) is 9.23 Å². The molecule has 0 aromatic carbocycles. The first-order valence-electron chi connectivity index (χ1n) is 4.70. The van der Waals surface area contributed by atoms with Gasteiger partial charge in [0.15, 0.2) is 0 Å². The Balaban J connectivity index is 2.19. The molecule has 1 saturated carbocycles. The van der Waals surface area contributed by atoms with E-state index in [0.29, 0.717) is 6.10 Å². The Morgan fingerprint density at radius 1 is 1.09 bits per heavy atom. The smallest absolute Gasteiger partial charge is 0.0978 e. The van der Waals surface area contributed by atoms with Gasteiger partial charge in [0.25, 0.3) is 0 Å². The van der Waals surface area contributed by atoms with E-state index in [1.165, 1.54) is 38.5 Å². The Morgan fingerprint density at radius 2 is 1.73 bits per heavy atom. The first-order valence-corrected chi connectivity index (χ1v) is 4.70. The zero-order chi connectivity index (χ0) is 7.94. The predicted octanol–water partition coefficient (Wildman–Crippen LogP) is 3.26. The summed E-state index contributed by atoms with van der Waals surface area (Å²) in [4.78, 5) is 0. The summed E-state index contributed by atoms with van der Waals surface area (Å²) in [7, 11) is 0. The van der Waals surface area contributed by atoms with E-state index in [9.17, 15) is 0 Å². The average molecular weight is 154 g/mol. The third kappa shape index (κ3) is 3.45. The van der Waals surface area contributed by atoms with Gasteiger partial charge >= 0.3 is 0 Å². The number of ether oxygens (including phenoxy) is 1. The van der Waals surface area contributed by atoms with Crippen molar-refractivity contribution in [3.8, 4) is 0 Å². The summed E-state index contributed by atoms with van der Waals surface area (Å²) in [5, 5.41) is 0. The summed E-state index contributed by atoms with van der Waals surface area (Å²) in [6.07, 6.45) is 12.3. The molecule has 1 aliphatic carbocycles. The molecule has 1 heteroatoms. The first kappa shape index (κ1) is 8.63. The Kier molecular flexibility index (Phi) is 4.10. The molecule has 1 nitrogen and oxygen atoms in total.